The normalized spacial score (nSPS) is 16.8. The Balaban J connectivity index is 1.26. The van der Waals surface area contributed by atoms with Crippen molar-refractivity contribution in [2.45, 2.75) is 25.2 Å². The first-order chi connectivity index (χ1) is 15.7. The van der Waals surface area contributed by atoms with Gasteiger partial charge in [0.2, 0.25) is 5.91 Å². The van der Waals surface area contributed by atoms with Crippen LogP contribution in [0.5, 0.6) is 0 Å². The number of hydrogen-bond donors (Lipinski definition) is 3. The molecule has 0 spiro atoms. The van der Waals surface area contributed by atoms with Crippen LogP contribution in [-0.4, -0.2) is 47.4 Å². The van der Waals surface area contributed by atoms with E-state index in [0.29, 0.717) is 19.2 Å². The fraction of sp³-hybridized carbons (Fsp3) is 0.318. The molecule has 174 valence electrons. The van der Waals surface area contributed by atoms with Crippen LogP contribution in [-0.2, 0) is 17.5 Å². The standard InChI is InChI=1S/C22H22F3N5O3/c23-22(24,25)14-2-3-17(26)16(8-14)21(32)27-9-20(31)29-15-5-6-30(11-15)10-13-1-4-19-18(7-13)28-12-33-19/h1-4,7-8,12,15H,5-6,9-11,26H2,(H,27,32)(H,29,31)/t15-/m1/s1. The number of oxazole rings is 1. The molecule has 2 heterocycles. The highest BCUT2D eigenvalue weighted by atomic mass is 19.4. The maximum absolute atomic E-state index is 12.9. The first-order valence-electron chi connectivity index (χ1n) is 10.3. The van der Waals surface area contributed by atoms with Gasteiger partial charge in [0, 0.05) is 31.4 Å². The maximum atomic E-state index is 12.9. The first-order valence-corrected chi connectivity index (χ1v) is 10.3. The third-order valence-electron chi connectivity index (χ3n) is 5.47. The van der Waals surface area contributed by atoms with Crippen LogP contribution in [0, 0.1) is 0 Å². The lowest BCUT2D eigenvalue weighted by molar-refractivity contribution is -0.137. The fourth-order valence-electron chi connectivity index (χ4n) is 3.82. The molecule has 0 aliphatic carbocycles. The number of carbonyl (C=O) groups excluding carboxylic acids is 2. The van der Waals surface area contributed by atoms with Gasteiger partial charge in [-0.05, 0) is 42.3 Å². The van der Waals surface area contributed by atoms with Crippen molar-refractivity contribution in [3.05, 3.63) is 59.5 Å². The minimum atomic E-state index is -4.60. The van der Waals surface area contributed by atoms with Crippen molar-refractivity contribution < 1.29 is 27.2 Å². The highest BCUT2D eigenvalue weighted by molar-refractivity contribution is 6.00. The lowest BCUT2D eigenvalue weighted by Crippen LogP contribution is -2.43. The van der Waals surface area contributed by atoms with Crippen LogP contribution in [0.2, 0.25) is 0 Å². The molecular formula is C22H22F3N5O3. The van der Waals surface area contributed by atoms with Crippen LogP contribution >= 0.6 is 0 Å². The van der Waals surface area contributed by atoms with Crippen LogP contribution in [0.15, 0.2) is 47.2 Å². The van der Waals surface area contributed by atoms with E-state index in [2.05, 4.69) is 20.5 Å². The summed E-state index contributed by atoms with van der Waals surface area (Å²) >= 11 is 0. The Labute approximate surface area is 186 Å². The topological polar surface area (TPSA) is 113 Å². The second kappa shape index (κ2) is 9.10. The zero-order valence-corrected chi connectivity index (χ0v) is 17.5. The van der Waals surface area contributed by atoms with E-state index in [1.54, 1.807) is 0 Å². The monoisotopic (exact) mass is 461 g/mol. The molecule has 3 aromatic rings. The first kappa shape index (κ1) is 22.6. The van der Waals surface area contributed by atoms with E-state index >= 15 is 0 Å². The van der Waals surface area contributed by atoms with Crippen LogP contribution in [0.25, 0.3) is 11.1 Å². The van der Waals surface area contributed by atoms with E-state index in [1.807, 2.05) is 18.2 Å². The Morgan fingerprint density at radius 1 is 1.21 bits per heavy atom. The number of nitrogens with two attached hydrogens (primary N) is 1. The van der Waals surface area contributed by atoms with Gasteiger partial charge in [0.05, 0.1) is 17.7 Å². The number of benzene rings is 2. The van der Waals surface area contributed by atoms with Crippen molar-refractivity contribution in [3.8, 4) is 0 Å². The number of aromatic nitrogens is 1. The third kappa shape index (κ3) is 5.43. The smallest absolute Gasteiger partial charge is 0.416 e. The summed E-state index contributed by atoms with van der Waals surface area (Å²) in [5, 5.41) is 5.17. The summed E-state index contributed by atoms with van der Waals surface area (Å²) in [4.78, 5) is 30.8. The van der Waals surface area contributed by atoms with Crippen molar-refractivity contribution >= 4 is 28.6 Å². The molecule has 4 rings (SSSR count). The Kier molecular flexibility index (Phi) is 6.23. The molecule has 1 aliphatic rings. The van der Waals surface area contributed by atoms with Crippen LogP contribution in [0.4, 0.5) is 18.9 Å². The fourth-order valence-corrected chi connectivity index (χ4v) is 3.82. The Morgan fingerprint density at radius 3 is 2.82 bits per heavy atom. The summed E-state index contributed by atoms with van der Waals surface area (Å²) in [6.07, 6.45) is -2.46. The predicted molar refractivity (Wildman–Crippen MR) is 114 cm³/mol. The molecule has 1 atom stereocenters. The number of amides is 2. The second-order valence-corrected chi connectivity index (χ2v) is 7.93. The minimum Gasteiger partial charge on any atom is -0.443 e. The van der Waals surface area contributed by atoms with E-state index in [9.17, 15) is 22.8 Å². The molecule has 0 radical (unpaired) electrons. The van der Waals surface area contributed by atoms with Crippen molar-refractivity contribution in [1.29, 1.82) is 0 Å². The molecule has 0 bridgehead atoms. The number of rotatable bonds is 6. The van der Waals surface area contributed by atoms with Crippen molar-refractivity contribution in [2.75, 3.05) is 25.4 Å². The number of nitrogen functional groups attached to an aromatic ring is 1. The molecule has 11 heteroatoms. The number of nitrogens with zero attached hydrogens (tertiary/aromatic N) is 2. The SMILES string of the molecule is Nc1ccc(C(F)(F)F)cc1C(=O)NCC(=O)N[C@@H]1CCN(Cc2ccc3ocnc3c2)C1. The van der Waals surface area contributed by atoms with Crippen LogP contribution in [0.3, 0.4) is 0 Å². The molecule has 1 fully saturated rings. The van der Waals surface area contributed by atoms with Crippen LogP contribution < -0.4 is 16.4 Å². The summed E-state index contributed by atoms with van der Waals surface area (Å²) in [6.45, 7) is 1.75. The lowest BCUT2D eigenvalue weighted by Gasteiger charge is -2.17. The number of carbonyl (C=O) groups is 2. The summed E-state index contributed by atoms with van der Waals surface area (Å²) < 4.78 is 43.9. The van der Waals surface area contributed by atoms with Gasteiger partial charge in [0.25, 0.3) is 5.91 Å². The zero-order chi connectivity index (χ0) is 23.6. The summed E-state index contributed by atoms with van der Waals surface area (Å²) in [7, 11) is 0. The average molecular weight is 461 g/mol. The highest BCUT2D eigenvalue weighted by Crippen LogP contribution is 2.31. The number of alkyl halides is 3. The molecule has 0 saturated carbocycles. The van der Waals surface area contributed by atoms with Gasteiger partial charge >= 0.3 is 6.18 Å². The van der Waals surface area contributed by atoms with Gasteiger partial charge in [-0.3, -0.25) is 14.5 Å². The average Bonchev–Trinajstić information content (AvgIpc) is 3.40. The number of hydrogen-bond acceptors (Lipinski definition) is 6. The Bertz CT molecular complexity index is 1180. The molecule has 1 aromatic heterocycles. The molecule has 8 nitrogen and oxygen atoms in total. The number of fused-ring (bicyclic) bond motifs is 1. The molecule has 2 amide bonds. The van der Waals surface area contributed by atoms with E-state index in [-0.39, 0.29) is 23.8 Å². The van der Waals surface area contributed by atoms with Gasteiger partial charge < -0.3 is 20.8 Å². The summed E-state index contributed by atoms with van der Waals surface area (Å²) in [6, 6.07) is 8.19. The van der Waals surface area contributed by atoms with E-state index in [0.717, 1.165) is 41.8 Å². The predicted octanol–water partition coefficient (Wildman–Crippen LogP) is 2.55. The van der Waals surface area contributed by atoms with Gasteiger partial charge in [-0.2, -0.15) is 13.2 Å². The maximum Gasteiger partial charge on any atom is 0.416 e. The van der Waals surface area contributed by atoms with Gasteiger partial charge in [-0.25, -0.2) is 4.98 Å². The molecule has 0 unspecified atom stereocenters. The molecular weight excluding hydrogens is 439 g/mol. The zero-order valence-electron chi connectivity index (χ0n) is 17.5. The van der Waals surface area contributed by atoms with Gasteiger partial charge in [0.1, 0.15) is 5.52 Å². The van der Waals surface area contributed by atoms with E-state index in [4.69, 9.17) is 10.2 Å². The van der Waals surface area contributed by atoms with Crippen LogP contribution in [0.1, 0.15) is 27.9 Å². The van der Waals surface area contributed by atoms with E-state index < -0.39 is 23.6 Å². The Hall–Kier alpha value is -3.60. The number of anilines is 1. The quantitative estimate of drug-likeness (QED) is 0.487. The summed E-state index contributed by atoms with van der Waals surface area (Å²) in [5.41, 5.74) is 6.81. The highest BCUT2D eigenvalue weighted by Gasteiger charge is 2.31. The van der Waals surface area contributed by atoms with Crippen molar-refractivity contribution in [3.63, 3.8) is 0 Å². The number of halogens is 3. The summed E-state index contributed by atoms with van der Waals surface area (Å²) in [5.74, 6) is -1.27. The van der Waals surface area contributed by atoms with Crippen molar-refractivity contribution in [1.82, 2.24) is 20.5 Å². The van der Waals surface area contributed by atoms with Crippen molar-refractivity contribution in [2.24, 2.45) is 0 Å². The molecule has 1 aliphatic heterocycles. The molecule has 4 N–H and O–H groups in total. The van der Waals surface area contributed by atoms with Gasteiger partial charge in [-0.15, -0.1) is 0 Å². The lowest BCUT2D eigenvalue weighted by atomic mass is 10.1. The number of likely N-dealkylation sites (tertiary alicyclic amines) is 1. The van der Waals surface area contributed by atoms with E-state index in [1.165, 1.54) is 6.39 Å². The number of nitrogens with one attached hydrogen (secondary N) is 2. The van der Waals surface area contributed by atoms with Gasteiger partial charge in [-0.1, -0.05) is 6.07 Å². The molecule has 33 heavy (non-hydrogen) atoms. The minimum absolute atomic E-state index is 0.0937. The second-order valence-electron chi connectivity index (χ2n) is 7.93. The molecule has 1 saturated heterocycles. The molecule has 2 aromatic carbocycles. The third-order valence-corrected chi connectivity index (χ3v) is 5.47. The van der Waals surface area contributed by atoms with Gasteiger partial charge in [0.15, 0.2) is 12.0 Å². The Morgan fingerprint density at radius 2 is 2.03 bits per heavy atom. The largest absolute Gasteiger partial charge is 0.443 e.